The number of hydrogen-bond donors (Lipinski definition) is 1. The van der Waals surface area contributed by atoms with Crippen molar-refractivity contribution >= 4 is 11.8 Å². The second-order valence-corrected chi connectivity index (χ2v) is 7.72. The Balaban J connectivity index is 1.54. The third-order valence-electron chi connectivity index (χ3n) is 5.95. The zero-order chi connectivity index (χ0) is 17.1. The van der Waals surface area contributed by atoms with E-state index < -0.39 is 0 Å². The zero-order valence-corrected chi connectivity index (χ0v) is 14.8. The van der Waals surface area contributed by atoms with Crippen LogP contribution in [0.25, 0.3) is 0 Å². The van der Waals surface area contributed by atoms with Gasteiger partial charge in [-0.3, -0.25) is 9.59 Å². The fraction of sp³-hybridized carbons (Fsp3) is 0.889. The van der Waals surface area contributed by atoms with Gasteiger partial charge in [-0.05, 0) is 58.7 Å². The Morgan fingerprint density at radius 2 is 1.71 bits per heavy atom. The van der Waals surface area contributed by atoms with Crippen molar-refractivity contribution in [1.29, 1.82) is 0 Å². The number of likely N-dealkylation sites (tertiary alicyclic amines) is 3. The molecule has 1 N–H and O–H groups in total. The number of carbonyl (C=O) groups is 2. The number of hydrogen-bond acceptors (Lipinski definition) is 4. The van der Waals surface area contributed by atoms with E-state index in [2.05, 4.69) is 16.8 Å². The van der Waals surface area contributed by atoms with Gasteiger partial charge < -0.3 is 19.8 Å². The summed E-state index contributed by atoms with van der Waals surface area (Å²) < 4.78 is 0. The molecule has 0 aromatic rings. The van der Waals surface area contributed by atoms with Crippen molar-refractivity contribution in [3.05, 3.63) is 0 Å². The van der Waals surface area contributed by atoms with Gasteiger partial charge in [0.05, 0.1) is 6.10 Å². The van der Waals surface area contributed by atoms with Gasteiger partial charge in [0, 0.05) is 38.0 Å². The van der Waals surface area contributed by atoms with Crippen LogP contribution in [0.15, 0.2) is 0 Å². The summed E-state index contributed by atoms with van der Waals surface area (Å²) in [6.07, 6.45) is 5.33. The average Bonchev–Trinajstić information content (AvgIpc) is 2.58. The molecule has 1 atom stereocenters. The summed E-state index contributed by atoms with van der Waals surface area (Å²) in [5.74, 6) is 0.143. The molecule has 6 nitrogen and oxygen atoms in total. The molecule has 3 saturated heterocycles. The lowest BCUT2D eigenvalue weighted by molar-refractivity contribution is -0.147. The molecule has 3 aliphatic rings. The van der Waals surface area contributed by atoms with Crippen LogP contribution in [-0.2, 0) is 9.59 Å². The average molecular weight is 337 g/mol. The van der Waals surface area contributed by atoms with Gasteiger partial charge in [-0.15, -0.1) is 0 Å². The Morgan fingerprint density at radius 1 is 1.04 bits per heavy atom. The molecule has 6 heteroatoms. The predicted octanol–water partition coefficient (Wildman–Crippen LogP) is 0.693. The van der Waals surface area contributed by atoms with Crippen LogP contribution in [0.5, 0.6) is 0 Å². The maximum atomic E-state index is 12.9. The summed E-state index contributed by atoms with van der Waals surface area (Å²) in [6, 6.07) is 0.358. The Hall–Kier alpha value is -1.14. The molecule has 0 radical (unpaired) electrons. The zero-order valence-electron chi connectivity index (χ0n) is 14.8. The number of rotatable bonds is 3. The highest BCUT2D eigenvalue weighted by Crippen LogP contribution is 2.27. The topological polar surface area (TPSA) is 64.1 Å². The standard InChI is InChI=1S/C18H31N3O3/c1-19-9-4-15(5-10-19)21-8-2-3-14(18(21)24)13-17(23)20-11-6-16(22)7-12-20/h14-16,22H,2-13H2,1H3. The molecule has 3 heterocycles. The summed E-state index contributed by atoms with van der Waals surface area (Å²) >= 11 is 0. The maximum absolute atomic E-state index is 12.9. The van der Waals surface area contributed by atoms with Crippen LogP contribution < -0.4 is 0 Å². The first-order valence-corrected chi connectivity index (χ1v) is 9.49. The Kier molecular flexibility index (Phi) is 5.76. The molecule has 0 spiro atoms. The van der Waals surface area contributed by atoms with Crippen molar-refractivity contribution in [2.24, 2.45) is 5.92 Å². The van der Waals surface area contributed by atoms with Crippen molar-refractivity contribution in [1.82, 2.24) is 14.7 Å². The quantitative estimate of drug-likeness (QED) is 0.823. The second-order valence-electron chi connectivity index (χ2n) is 7.72. The highest BCUT2D eigenvalue weighted by molar-refractivity contribution is 5.86. The lowest BCUT2D eigenvalue weighted by Gasteiger charge is -2.41. The van der Waals surface area contributed by atoms with Crippen LogP contribution in [0.1, 0.15) is 44.9 Å². The molecule has 0 aromatic carbocycles. The van der Waals surface area contributed by atoms with E-state index in [9.17, 15) is 14.7 Å². The number of aliphatic hydroxyl groups is 1. The van der Waals surface area contributed by atoms with Gasteiger partial charge in [-0.1, -0.05) is 0 Å². The first-order chi connectivity index (χ1) is 11.5. The minimum absolute atomic E-state index is 0.0884. The molecule has 3 rings (SSSR count). The van der Waals surface area contributed by atoms with Gasteiger partial charge in [0.2, 0.25) is 11.8 Å². The molecule has 1 unspecified atom stereocenters. The van der Waals surface area contributed by atoms with Gasteiger partial charge in [-0.25, -0.2) is 0 Å². The lowest BCUT2D eigenvalue weighted by Crippen LogP contribution is -2.52. The third kappa shape index (κ3) is 4.09. The minimum atomic E-state index is -0.273. The Labute approximate surface area is 144 Å². The fourth-order valence-corrected chi connectivity index (χ4v) is 4.29. The van der Waals surface area contributed by atoms with Gasteiger partial charge in [0.25, 0.3) is 0 Å². The molecule has 3 aliphatic heterocycles. The number of nitrogens with zero attached hydrogens (tertiary/aromatic N) is 3. The summed E-state index contributed by atoms with van der Waals surface area (Å²) in [5, 5.41) is 9.57. The second kappa shape index (κ2) is 7.83. The first kappa shape index (κ1) is 17.7. The monoisotopic (exact) mass is 337 g/mol. The number of aliphatic hydroxyl groups excluding tert-OH is 1. The summed E-state index contributed by atoms with van der Waals surface area (Å²) in [5.41, 5.74) is 0. The first-order valence-electron chi connectivity index (χ1n) is 9.49. The molecule has 2 amide bonds. The highest BCUT2D eigenvalue weighted by Gasteiger charge is 2.36. The van der Waals surface area contributed by atoms with Crippen LogP contribution in [0.2, 0.25) is 0 Å². The number of piperidine rings is 3. The lowest BCUT2D eigenvalue weighted by atomic mass is 9.90. The number of carbonyl (C=O) groups excluding carboxylic acids is 2. The molecule has 3 fully saturated rings. The van der Waals surface area contributed by atoms with Crippen LogP contribution in [-0.4, -0.2) is 83.5 Å². The normalized spacial score (nSPS) is 28.4. The van der Waals surface area contributed by atoms with Gasteiger partial charge >= 0.3 is 0 Å². The van der Waals surface area contributed by atoms with E-state index >= 15 is 0 Å². The van der Waals surface area contributed by atoms with Gasteiger partial charge in [-0.2, -0.15) is 0 Å². The Morgan fingerprint density at radius 3 is 2.38 bits per heavy atom. The van der Waals surface area contributed by atoms with Crippen molar-refractivity contribution in [3.8, 4) is 0 Å². The minimum Gasteiger partial charge on any atom is -0.393 e. The van der Waals surface area contributed by atoms with Crippen LogP contribution >= 0.6 is 0 Å². The summed E-state index contributed by atoms with van der Waals surface area (Å²) in [4.78, 5) is 31.6. The molecule has 0 saturated carbocycles. The van der Waals surface area contributed by atoms with E-state index in [1.54, 1.807) is 0 Å². The SMILES string of the molecule is CN1CCC(N2CCCC(CC(=O)N3CCC(O)CC3)C2=O)CC1. The molecule has 0 aliphatic carbocycles. The van der Waals surface area contributed by atoms with E-state index in [1.165, 1.54) is 0 Å². The maximum Gasteiger partial charge on any atom is 0.226 e. The molecular formula is C18H31N3O3. The number of amides is 2. The highest BCUT2D eigenvalue weighted by atomic mass is 16.3. The van der Waals surface area contributed by atoms with Gasteiger partial charge in [0.15, 0.2) is 0 Å². The molecule has 0 aromatic heterocycles. The summed E-state index contributed by atoms with van der Waals surface area (Å²) in [6.45, 7) is 4.20. The Bertz CT molecular complexity index is 454. The van der Waals surface area contributed by atoms with Gasteiger partial charge in [0.1, 0.15) is 0 Å². The molecular weight excluding hydrogens is 306 g/mol. The van der Waals surface area contributed by atoms with Crippen molar-refractivity contribution in [2.75, 3.05) is 39.8 Å². The largest absolute Gasteiger partial charge is 0.393 e. The van der Waals surface area contributed by atoms with E-state index in [0.717, 1.165) is 45.3 Å². The van der Waals surface area contributed by atoms with Crippen molar-refractivity contribution in [2.45, 2.75) is 57.1 Å². The van der Waals surface area contributed by atoms with Crippen LogP contribution in [0.4, 0.5) is 0 Å². The fourth-order valence-electron chi connectivity index (χ4n) is 4.29. The van der Waals surface area contributed by atoms with E-state index in [-0.39, 0.29) is 23.8 Å². The molecule has 136 valence electrons. The van der Waals surface area contributed by atoms with E-state index in [4.69, 9.17) is 0 Å². The van der Waals surface area contributed by atoms with Crippen molar-refractivity contribution < 1.29 is 14.7 Å². The third-order valence-corrected chi connectivity index (χ3v) is 5.95. The molecule has 24 heavy (non-hydrogen) atoms. The smallest absolute Gasteiger partial charge is 0.226 e. The van der Waals surface area contributed by atoms with Crippen molar-refractivity contribution in [3.63, 3.8) is 0 Å². The van der Waals surface area contributed by atoms with E-state index in [1.807, 2.05) is 4.90 Å². The van der Waals surface area contributed by atoms with E-state index in [0.29, 0.717) is 38.4 Å². The predicted molar refractivity (Wildman–Crippen MR) is 91.4 cm³/mol. The summed E-state index contributed by atoms with van der Waals surface area (Å²) in [7, 11) is 2.13. The van der Waals surface area contributed by atoms with Crippen LogP contribution in [0.3, 0.4) is 0 Å². The van der Waals surface area contributed by atoms with Crippen LogP contribution in [0, 0.1) is 5.92 Å². The molecule has 0 bridgehead atoms.